The number of amides is 1. The van der Waals surface area contributed by atoms with Crippen molar-refractivity contribution in [1.29, 1.82) is 0 Å². The van der Waals surface area contributed by atoms with Crippen molar-refractivity contribution >= 4 is 34.1 Å². The number of pyridine rings is 1. The van der Waals surface area contributed by atoms with Crippen LogP contribution < -0.4 is 5.32 Å². The molecule has 0 aliphatic rings. The number of methoxy groups -OCH3 is 1. The van der Waals surface area contributed by atoms with Crippen molar-refractivity contribution in [1.82, 2.24) is 24.5 Å². The number of aromatic nitrogens is 4. The molecule has 1 amide bonds. The second-order valence-electron chi connectivity index (χ2n) is 6.56. The first-order valence-electron chi connectivity index (χ1n) is 8.96. The summed E-state index contributed by atoms with van der Waals surface area (Å²) in [5, 5.41) is 12.9. The summed E-state index contributed by atoms with van der Waals surface area (Å²) < 4.78 is 9.02. The number of carbonyl (C=O) groups is 1. The summed E-state index contributed by atoms with van der Waals surface area (Å²) in [6.45, 7) is 2.95. The van der Waals surface area contributed by atoms with Crippen molar-refractivity contribution in [2.45, 2.75) is 19.5 Å². The number of hydrogen-bond acceptors (Lipinski definition) is 4. The number of carbonyl (C=O) groups excluding carboxylic acids is 1. The number of hydrogen-bond donors (Lipinski definition) is 1. The van der Waals surface area contributed by atoms with E-state index in [0.717, 1.165) is 16.6 Å². The second-order valence-corrected chi connectivity index (χ2v) is 7.00. The molecule has 3 heterocycles. The molecule has 28 heavy (non-hydrogen) atoms. The zero-order valence-corrected chi connectivity index (χ0v) is 16.3. The minimum Gasteiger partial charge on any atom is -0.383 e. The van der Waals surface area contributed by atoms with Gasteiger partial charge in [-0.2, -0.15) is 0 Å². The molecule has 0 fully saturated rings. The number of benzene rings is 1. The highest BCUT2D eigenvalue weighted by molar-refractivity contribution is 6.31. The molecule has 1 aromatic carbocycles. The van der Waals surface area contributed by atoms with Crippen LogP contribution in [0, 0.1) is 0 Å². The first-order chi connectivity index (χ1) is 13.6. The lowest BCUT2D eigenvalue weighted by molar-refractivity contribution is 0.0926. The van der Waals surface area contributed by atoms with Gasteiger partial charge in [0.05, 0.1) is 12.6 Å². The van der Waals surface area contributed by atoms with E-state index in [4.69, 9.17) is 16.3 Å². The molecule has 0 radical (unpaired) electrons. The smallest absolute Gasteiger partial charge is 0.268 e. The summed E-state index contributed by atoms with van der Waals surface area (Å²) in [6, 6.07) is 12.8. The molecule has 0 aliphatic carbocycles. The molecular weight excluding hydrogens is 378 g/mol. The Morgan fingerprint density at radius 1 is 1.25 bits per heavy atom. The van der Waals surface area contributed by atoms with E-state index < -0.39 is 0 Å². The second kappa shape index (κ2) is 7.61. The fraction of sp³-hybridized carbons (Fsp3) is 0.250. The van der Waals surface area contributed by atoms with Crippen LogP contribution in [0.4, 0.5) is 0 Å². The fourth-order valence-electron chi connectivity index (χ4n) is 3.34. The van der Waals surface area contributed by atoms with E-state index in [-0.39, 0.29) is 11.9 Å². The van der Waals surface area contributed by atoms with E-state index in [0.29, 0.717) is 29.7 Å². The zero-order chi connectivity index (χ0) is 19.7. The molecule has 3 aromatic heterocycles. The van der Waals surface area contributed by atoms with Crippen molar-refractivity contribution in [3.8, 4) is 0 Å². The Kier molecular flexibility index (Phi) is 5.02. The lowest BCUT2D eigenvalue weighted by atomic mass is 10.2. The van der Waals surface area contributed by atoms with Gasteiger partial charge in [-0.1, -0.05) is 17.7 Å². The van der Waals surface area contributed by atoms with Crippen LogP contribution in [0.25, 0.3) is 16.6 Å². The molecule has 1 N–H and O–H groups in total. The topological polar surface area (TPSA) is 73.4 Å². The highest BCUT2D eigenvalue weighted by Gasteiger charge is 2.20. The number of nitrogens with zero attached hydrogens (tertiary/aromatic N) is 4. The molecule has 0 spiro atoms. The SMILES string of the molecule is COCCn1c(C(=O)N[C@@H](C)c2nnc3ccccn23)cc2cc(Cl)ccc21. The normalized spacial score (nSPS) is 12.5. The molecule has 0 bridgehead atoms. The van der Waals surface area contributed by atoms with Crippen LogP contribution in [-0.4, -0.2) is 38.8 Å². The van der Waals surface area contributed by atoms with Crippen LogP contribution in [0.2, 0.25) is 5.02 Å². The Hall–Kier alpha value is -2.90. The number of rotatable bonds is 6. The largest absolute Gasteiger partial charge is 0.383 e. The molecule has 144 valence electrons. The summed E-state index contributed by atoms with van der Waals surface area (Å²) in [7, 11) is 1.64. The maximum atomic E-state index is 13.1. The molecule has 0 aliphatic heterocycles. The van der Waals surface area contributed by atoms with E-state index in [1.807, 2.05) is 64.6 Å². The molecular formula is C20H20ClN5O2. The third-order valence-corrected chi connectivity index (χ3v) is 4.93. The molecule has 1 atom stereocenters. The van der Waals surface area contributed by atoms with Gasteiger partial charge < -0.3 is 14.6 Å². The van der Waals surface area contributed by atoms with Gasteiger partial charge in [0, 0.05) is 35.8 Å². The van der Waals surface area contributed by atoms with E-state index in [1.165, 1.54) is 0 Å². The van der Waals surface area contributed by atoms with Gasteiger partial charge in [0.25, 0.3) is 5.91 Å². The minimum atomic E-state index is -0.317. The quantitative estimate of drug-likeness (QED) is 0.540. The summed E-state index contributed by atoms with van der Waals surface area (Å²) >= 11 is 6.12. The molecule has 7 nitrogen and oxygen atoms in total. The van der Waals surface area contributed by atoms with E-state index in [1.54, 1.807) is 7.11 Å². The van der Waals surface area contributed by atoms with Crippen LogP contribution in [-0.2, 0) is 11.3 Å². The predicted octanol–water partition coefficient (Wildman–Crippen LogP) is 3.47. The lowest BCUT2D eigenvalue weighted by Crippen LogP contribution is -2.30. The average Bonchev–Trinajstić information content (AvgIpc) is 3.27. The van der Waals surface area contributed by atoms with Crippen molar-refractivity contribution < 1.29 is 9.53 Å². The summed E-state index contributed by atoms with van der Waals surface area (Å²) in [5.74, 6) is 0.482. The van der Waals surface area contributed by atoms with Gasteiger partial charge in [-0.05, 0) is 43.3 Å². The number of fused-ring (bicyclic) bond motifs is 2. The van der Waals surface area contributed by atoms with Crippen LogP contribution in [0.3, 0.4) is 0 Å². The molecule has 0 saturated carbocycles. The first kappa shape index (κ1) is 18.5. The van der Waals surface area contributed by atoms with Crippen molar-refractivity contribution in [3.63, 3.8) is 0 Å². The van der Waals surface area contributed by atoms with Gasteiger partial charge in [0.15, 0.2) is 11.5 Å². The summed E-state index contributed by atoms with van der Waals surface area (Å²) in [6.07, 6.45) is 1.88. The molecule has 0 unspecified atom stereocenters. The monoisotopic (exact) mass is 397 g/mol. The lowest BCUT2D eigenvalue weighted by Gasteiger charge is -2.14. The van der Waals surface area contributed by atoms with Crippen molar-refractivity contribution in [3.05, 3.63) is 65.2 Å². The standard InChI is InChI=1S/C20H20ClN5O2/c1-13(19-24-23-18-5-3-4-8-26(18)19)22-20(27)17-12-14-11-15(21)6-7-16(14)25(17)9-10-28-2/h3-8,11-13H,9-10H2,1-2H3,(H,22,27)/t13-/m0/s1. The highest BCUT2D eigenvalue weighted by Crippen LogP contribution is 2.24. The Labute approximate surface area is 166 Å². The van der Waals surface area contributed by atoms with Crippen LogP contribution in [0.5, 0.6) is 0 Å². The Balaban J connectivity index is 1.66. The Morgan fingerprint density at radius 3 is 2.93 bits per heavy atom. The number of halogens is 1. The molecule has 0 saturated heterocycles. The average molecular weight is 398 g/mol. The van der Waals surface area contributed by atoms with E-state index in [9.17, 15) is 4.79 Å². The summed E-state index contributed by atoms with van der Waals surface area (Å²) in [4.78, 5) is 13.1. The van der Waals surface area contributed by atoms with Gasteiger partial charge in [0.1, 0.15) is 5.69 Å². The Bertz CT molecular complexity index is 1150. The minimum absolute atomic E-state index is 0.191. The zero-order valence-electron chi connectivity index (χ0n) is 15.6. The third kappa shape index (κ3) is 3.34. The number of ether oxygens (including phenoxy) is 1. The van der Waals surface area contributed by atoms with Gasteiger partial charge >= 0.3 is 0 Å². The van der Waals surface area contributed by atoms with Gasteiger partial charge in [0.2, 0.25) is 0 Å². The van der Waals surface area contributed by atoms with Gasteiger partial charge in [-0.3, -0.25) is 9.20 Å². The third-order valence-electron chi connectivity index (χ3n) is 4.69. The first-order valence-corrected chi connectivity index (χ1v) is 9.34. The molecule has 4 rings (SSSR count). The maximum absolute atomic E-state index is 13.1. The van der Waals surface area contributed by atoms with Crippen molar-refractivity contribution in [2.75, 3.05) is 13.7 Å². The van der Waals surface area contributed by atoms with Crippen LogP contribution >= 0.6 is 11.6 Å². The van der Waals surface area contributed by atoms with Crippen LogP contribution in [0.1, 0.15) is 29.3 Å². The molecule has 8 heteroatoms. The van der Waals surface area contributed by atoms with E-state index in [2.05, 4.69) is 15.5 Å². The van der Waals surface area contributed by atoms with Gasteiger partial charge in [-0.15, -0.1) is 10.2 Å². The van der Waals surface area contributed by atoms with E-state index >= 15 is 0 Å². The number of nitrogens with one attached hydrogen (secondary N) is 1. The fourth-order valence-corrected chi connectivity index (χ4v) is 3.52. The van der Waals surface area contributed by atoms with Crippen LogP contribution in [0.15, 0.2) is 48.7 Å². The Morgan fingerprint density at radius 2 is 2.11 bits per heavy atom. The van der Waals surface area contributed by atoms with Crippen molar-refractivity contribution in [2.24, 2.45) is 0 Å². The predicted molar refractivity (Wildman–Crippen MR) is 108 cm³/mol. The summed E-state index contributed by atoms with van der Waals surface area (Å²) in [5.41, 5.74) is 2.23. The van der Waals surface area contributed by atoms with Gasteiger partial charge in [-0.25, -0.2) is 0 Å². The molecule has 4 aromatic rings. The highest BCUT2D eigenvalue weighted by atomic mass is 35.5. The maximum Gasteiger partial charge on any atom is 0.268 e.